The van der Waals surface area contributed by atoms with Gasteiger partial charge in [0.1, 0.15) is 5.82 Å². The Bertz CT molecular complexity index is 728. The molecule has 4 rings (SSSR count). The van der Waals surface area contributed by atoms with E-state index in [2.05, 4.69) is 5.32 Å². The Kier molecular flexibility index (Phi) is 6.84. The van der Waals surface area contributed by atoms with Gasteiger partial charge in [-0.1, -0.05) is 11.6 Å². The van der Waals surface area contributed by atoms with E-state index in [1.807, 2.05) is 4.90 Å². The highest BCUT2D eigenvalue weighted by molar-refractivity contribution is 6.33. The Balaban J connectivity index is 0.00000225. The zero-order chi connectivity index (χ0) is 19.0. The molecule has 3 fully saturated rings. The average molecular weight is 430 g/mol. The summed E-state index contributed by atoms with van der Waals surface area (Å²) < 4.78 is 13.2. The predicted octanol–water partition coefficient (Wildman–Crippen LogP) is 3.11. The van der Waals surface area contributed by atoms with Crippen molar-refractivity contribution in [3.05, 3.63) is 34.6 Å². The number of piperazine rings is 1. The number of halogens is 3. The molecule has 8 heteroatoms. The fraction of sp³-hybridized carbons (Fsp3) is 0.600. The zero-order valence-corrected chi connectivity index (χ0v) is 17.3. The predicted molar refractivity (Wildman–Crippen MR) is 108 cm³/mol. The molecule has 0 radical (unpaired) electrons. The van der Waals surface area contributed by atoms with Crippen molar-refractivity contribution in [1.82, 2.24) is 15.1 Å². The quantitative estimate of drug-likeness (QED) is 0.802. The number of hydrogen-bond acceptors (Lipinski definition) is 3. The van der Waals surface area contributed by atoms with Gasteiger partial charge in [-0.05, 0) is 49.8 Å². The lowest BCUT2D eigenvalue weighted by atomic mass is 9.89. The molecule has 0 aliphatic carbocycles. The van der Waals surface area contributed by atoms with Crippen LogP contribution in [0.4, 0.5) is 4.39 Å². The summed E-state index contributed by atoms with van der Waals surface area (Å²) in [5.74, 6) is 0.0162. The highest BCUT2D eigenvalue weighted by Crippen LogP contribution is 2.33. The van der Waals surface area contributed by atoms with Gasteiger partial charge in [0.15, 0.2) is 0 Å². The van der Waals surface area contributed by atoms with Gasteiger partial charge in [-0.3, -0.25) is 9.59 Å². The second kappa shape index (κ2) is 8.97. The summed E-state index contributed by atoms with van der Waals surface area (Å²) in [4.78, 5) is 28.9. The Labute approximate surface area is 176 Å². The Hall–Kier alpha value is -1.37. The normalized spacial score (nSPS) is 26.7. The lowest BCUT2D eigenvalue weighted by Crippen LogP contribution is -2.51. The molecule has 3 saturated heterocycles. The van der Waals surface area contributed by atoms with Crippen LogP contribution in [0.5, 0.6) is 0 Å². The maximum Gasteiger partial charge on any atom is 0.255 e. The van der Waals surface area contributed by atoms with Gasteiger partial charge in [-0.15, -0.1) is 12.4 Å². The maximum atomic E-state index is 13.2. The van der Waals surface area contributed by atoms with E-state index in [-0.39, 0.29) is 29.2 Å². The first-order valence-electron chi connectivity index (χ1n) is 9.78. The van der Waals surface area contributed by atoms with E-state index in [9.17, 15) is 14.0 Å². The van der Waals surface area contributed by atoms with Crippen molar-refractivity contribution in [3.63, 3.8) is 0 Å². The molecular formula is C20H26Cl2FN3O2. The first-order valence-corrected chi connectivity index (χ1v) is 10.2. The smallest absolute Gasteiger partial charge is 0.255 e. The summed E-state index contributed by atoms with van der Waals surface area (Å²) in [6.45, 7) is 2.05. The summed E-state index contributed by atoms with van der Waals surface area (Å²) in [7, 11) is 0. The Morgan fingerprint density at radius 1 is 1.07 bits per heavy atom. The minimum absolute atomic E-state index is 0. The molecule has 3 heterocycles. The van der Waals surface area contributed by atoms with Gasteiger partial charge in [0.25, 0.3) is 5.91 Å². The molecule has 3 aliphatic heterocycles. The molecule has 0 spiro atoms. The third-order valence-corrected chi connectivity index (χ3v) is 6.43. The van der Waals surface area contributed by atoms with Crippen LogP contribution in [-0.2, 0) is 4.79 Å². The molecule has 1 aromatic rings. The molecule has 2 bridgehead atoms. The van der Waals surface area contributed by atoms with Gasteiger partial charge in [-0.2, -0.15) is 0 Å². The first kappa shape index (κ1) is 21.3. The molecule has 0 aromatic heterocycles. The standard InChI is InChI=1S/C20H25ClFN3O2.ClH/c21-18-12-14(22)1-4-17(18)20(27)25-7-5-24(6-8-25)19(26)11-13-9-15-2-3-16(10-13)23-15;/h1,4,12-13,15-16,23H,2-3,5-11H2;1H. The van der Waals surface area contributed by atoms with Crippen LogP contribution in [-0.4, -0.2) is 59.9 Å². The number of rotatable bonds is 3. The number of piperidine rings is 1. The van der Waals surface area contributed by atoms with Crippen molar-refractivity contribution in [1.29, 1.82) is 0 Å². The molecular weight excluding hydrogens is 404 g/mol. The molecule has 2 amide bonds. The van der Waals surface area contributed by atoms with Crippen LogP contribution in [0.2, 0.25) is 5.02 Å². The molecule has 0 saturated carbocycles. The fourth-order valence-electron chi connectivity index (χ4n) is 4.71. The molecule has 3 aliphatic rings. The van der Waals surface area contributed by atoms with Crippen LogP contribution < -0.4 is 5.32 Å². The van der Waals surface area contributed by atoms with Gasteiger partial charge < -0.3 is 15.1 Å². The van der Waals surface area contributed by atoms with Crippen molar-refractivity contribution in [2.45, 2.75) is 44.2 Å². The number of nitrogens with zero attached hydrogens (tertiary/aromatic N) is 2. The van der Waals surface area contributed by atoms with Crippen molar-refractivity contribution in [3.8, 4) is 0 Å². The van der Waals surface area contributed by atoms with E-state index in [4.69, 9.17) is 11.6 Å². The number of nitrogens with one attached hydrogen (secondary N) is 1. The second-order valence-electron chi connectivity index (χ2n) is 7.98. The Morgan fingerprint density at radius 3 is 2.29 bits per heavy atom. The highest BCUT2D eigenvalue weighted by atomic mass is 35.5. The highest BCUT2D eigenvalue weighted by Gasteiger charge is 2.35. The van der Waals surface area contributed by atoms with Crippen LogP contribution in [0.1, 0.15) is 42.5 Å². The van der Waals surface area contributed by atoms with E-state index in [1.165, 1.54) is 25.0 Å². The van der Waals surface area contributed by atoms with Crippen LogP contribution in [0, 0.1) is 11.7 Å². The first-order chi connectivity index (χ1) is 13.0. The number of carbonyl (C=O) groups is 2. The van der Waals surface area contributed by atoms with E-state index < -0.39 is 5.82 Å². The van der Waals surface area contributed by atoms with Crippen LogP contribution in [0.3, 0.4) is 0 Å². The summed E-state index contributed by atoms with van der Waals surface area (Å²) in [5, 5.41) is 3.74. The van der Waals surface area contributed by atoms with Crippen molar-refractivity contribution in [2.24, 2.45) is 5.92 Å². The maximum absolute atomic E-state index is 13.2. The molecule has 28 heavy (non-hydrogen) atoms. The summed E-state index contributed by atoms with van der Waals surface area (Å²) in [6.07, 6.45) is 5.30. The van der Waals surface area contributed by atoms with Crippen molar-refractivity contribution >= 4 is 35.8 Å². The van der Waals surface area contributed by atoms with Crippen LogP contribution >= 0.6 is 24.0 Å². The molecule has 5 nitrogen and oxygen atoms in total. The van der Waals surface area contributed by atoms with E-state index in [0.717, 1.165) is 18.9 Å². The van der Waals surface area contributed by atoms with Gasteiger partial charge in [0, 0.05) is 44.7 Å². The fourth-order valence-corrected chi connectivity index (χ4v) is 4.96. The summed E-state index contributed by atoms with van der Waals surface area (Å²) in [5.41, 5.74) is 0.308. The van der Waals surface area contributed by atoms with E-state index in [0.29, 0.717) is 56.2 Å². The molecule has 2 unspecified atom stereocenters. The van der Waals surface area contributed by atoms with Crippen molar-refractivity contribution < 1.29 is 14.0 Å². The zero-order valence-electron chi connectivity index (χ0n) is 15.7. The van der Waals surface area contributed by atoms with Crippen molar-refractivity contribution in [2.75, 3.05) is 26.2 Å². The molecule has 154 valence electrons. The second-order valence-corrected chi connectivity index (χ2v) is 8.38. The number of carbonyl (C=O) groups excluding carboxylic acids is 2. The Morgan fingerprint density at radius 2 is 1.68 bits per heavy atom. The summed E-state index contributed by atoms with van der Waals surface area (Å²) >= 11 is 6.00. The number of amides is 2. The average Bonchev–Trinajstić information content (AvgIpc) is 2.99. The lowest BCUT2D eigenvalue weighted by molar-refractivity contribution is -0.134. The van der Waals surface area contributed by atoms with Gasteiger partial charge >= 0.3 is 0 Å². The third kappa shape index (κ3) is 4.61. The summed E-state index contributed by atoms with van der Waals surface area (Å²) in [6, 6.07) is 5.00. The van der Waals surface area contributed by atoms with Crippen LogP contribution in [0.25, 0.3) is 0 Å². The number of benzene rings is 1. The molecule has 1 N–H and O–H groups in total. The largest absolute Gasteiger partial charge is 0.339 e. The lowest BCUT2D eigenvalue weighted by Gasteiger charge is -2.36. The van der Waals surface area contributed by atoms with Gasteiger partial charge in [-0.25, -0.2) is 4.39 Å². The molecule has 1 aromatic carbocycles. The van der Waals surface area contributed by atoms with E-state index in [1.54, 1.807) is 4.90 Å². The molecule has 2 atom stereocenters. The third-order valence-electron chi connectivity index (χ3n) is 6.12. The number of hydrogen-bond donors (Lipinski definition) is 1. The topological polar surface area (TPSA) is 52.7 Å². The van der Waals surface area contributed by atoms with Gasteiger partial charge in [0.05, 0.1) is 10.6 Å². The van der Waals surface area contributed by atoms with E-state index >= 15 is 0 Å². The van der Waals surface area contributed by atoms with Crippen LogP contribution in [0.15, 0.2) is 18.2 Å². The SMILES string of the molecule is Cl.O=C(CC1CC2CCC(C1)N2)N1CCN(C(=O)c2ccc(F)cc2Cl)CC1. The minimum Gasteiger partial charge on any atom is -0.339 e. The van der Waals surface area contributed by atoms with Gasteiger partial charge in [0.2, 0.25) is 5.91 Å². The number of fused-ring (bicyclic) bond motifs is 2. The monoisotopic (exact) mass is 429 g/mol. The minimum atomic E-state index is -0.460.